The summed E-state index contributed by atoms with van der Waals surface area (Å²) in [5.74, 6) is -4.20. The largest absolute Gasteiger partial charge is 0.476 e. The molecule has 248 valence electrons. The number of nitrogens with zero attached hydrogens (tertiary/aromatic N) is 4. The molecule has 3 heterocycles. The topological polar surface area (TPSA) is 182 Å². The minimum atomic E-state index is -4.68. The van der Waals surface area contributed by atoms with E-state index in [0.717, 1.165) is 23.2 Å². The van der Waals surface area contributed by atoms with Gasteiger partial charge in [-0.05, 0) is 46.1 Å². The molecule has 2 aromatic heterocycles. The number of nitrogen functional groups attached to an aromatic ring is 1. The Morgan fingerprint density at radius 3 is 2.63 bits per heavy atom. The summed E-state index contributed by atoms with van der Waals surface area (Å²) in [6.45, 7) is 6.15. The van der Waals surface area contributed by atoms with Crippen molar-refractivity contribution in [2.24, 2.45) is 0 Å². The highest BCUT2D eigenvalue weighted by Crippen LogP contribution is 2.52. The first-order chi connectivity index (χ1) is 21.7. The number of anilines is 1. The maximum absolute atomic E-state index is 16.5. The standard InChI is InChI=1S/C29H35F2N6O8P/c1-6-41-23-21-22(34-27(32)35-23)37(15-33-21)26-28(5,30)25(39)29(31,44-26)14-42-46(40,36-17(4)24(38)43-16(2)3)45-20-13-9-11-18-10-7-8-12-19(18)20/h7-13,15-17,25-26,39H,6,14H2,1-5H3,(H,36,40)(H2,32,34,35)/t17?,25-,26-,28+,29+,46?/m0/s1. The Kier molecular flexibility index (Phi) is 9.21. The summed E-state index contributed by atoms with van der Waals surface area (Å²) in [5, 5.41) is 14.6. The predicted molar refractivity (Wildman–Crippen MR) is 162 cm³/mol. The lowest BCUT2D eigenvalue weighted by molar-refractivity contribution is -0.202. The Hall–Kier alpha value is -3.95. The van der Waals surface area contributed by atoms with Crippen LogP contribution in [0.3, 0.4) is 0 Å². The fraction of sp³-hybridized carbons (Fsp3) is 0.448. The van der Waals surface area contributed by atoms with Crippen LogP contribution in [0.5, 0.6) is 11.6 Å². The number of alkyl halides is 2. The van der Waals surface area contributed by atoms with E-state index in [1.807, 2.05) is 0 Å². The number of hydrogen-bond acceptors (Lipinski definition) is 12. The Morgan fingerprint density at radius 1 is 1.20 bits per heavy atom. The fourth-order valence-electron chi connectivity index (χ4n) is 4.97. The van der Waals surface area contributed by atoms with E-state index < -0.39 is 56.3 Å². The van der Waals surface area contributed by atoms with Gasteiger partial charge in [-0.25, -0.2) is 18.3 Å². The van der Waals surface area contributed by atoms with Gasteiger partial charge in [-0.1, -0.05) is 36.4 Å². The minimum Gasteiger partial charge on any atom is -0.476 e. The van der Waals surface area contributed by atoms with Gasteiger partial charge in [-0.15, -0.1) is 0 Å². The fourth-order valence-corrected chi connectivity index (χ4v) is 6.49. The van der Waals surface area contributed by atoms with Gasteiger partial charge in [0.05, 0.1) is 19.0 Å². The molecule has 1 aliphatic rings. The molecule has 2 aromatic carbocycles. The van der Waals surface area contributed by atoms with Gasteiger partial charge in [0.2, 0.25) is 11.8 Å². The van der Waals surface area contributed by atoms with E-state index in [9.17, 15) is 14.5 Å². The SMILES string of the molecule is CCOc1nc(N)nc2c1ncn2[C@H]1O[C@](F)(COP(=O)(NC(C)C(=O)OC(C)C)Oc2cccc3ccccc23)[C@@H](O)[C@@]1(C)F. The molecule has 1 saturated heterocycles. The van der Waals surface area contributed by atoms with Gasteiger partial charge in [0, 0.05) is 5.39 Å². The van der Waals surface area contributed by atoms with Gasteiger partial charge in [0.15, 0.2) is 29.2 Å². The number of imidazole rings is 1. The van der Waals surface area contributed by atoms with E-state index in [-0.39, 0.29) is 35.3 Å². The molecule has 1 fully saturated rings. The van der Waals surface area contributed by atoms with Crippen LogP contribution in [0.2, 0.25) is 0 Å². The molecule has 1 aliphatic heterocycles. The van der Waals surface area contributed by atoms with Crippen LogP contribution in [-0.4, -0.2) is 73.6 Å². The number of benzene rings is 2. The maximum Gasteiger partial charge on any atom is 0.459 e. The number of carbonyl (C=O) groups is 1. The number of carbonyl (C=O) groups excluding carboxylic acids is 1. The van der Waals surface area contributed by atoms with E-state index in [2.05, 4.69) is 20.0 Å². The van der Waals surface area contributed by atoms with Crippen LogP contribution < -0.4 is 20.1 Å². The van der Waals surface area contributed by atoms with Crippen molar-refractivity contribution in [3.8, 4) is 11.6 Å². The molecule has 6 atom stereocenters. The number of nitrogens with one attached hydrogen (secondary N) is 1. The van der Waals surface area contributed by atoms with E-state index in [1.54, 1.807) is 57.2 Å². The summed E-state index contributed by atoms with van der Waals surface area (Å²) in [6, 6.07) is 10.7. The van der Waals surface area contributed by atoms with Gasteiger partial charge in [-0.3, -0.25) is 13.9 Å². The highest BCUT2D eigenvalue weighted by Gasteiger charge is 2.65. The molecule has 0 saturated carbocycles. The first kappa shape index (κ1) is 33.4. The monoisotopic (exact) mass is 664 g/mol. The molecule has 0 aliphatic carbocycles. The van der Waals surface area contributed by atoms with Crippen LogP contribution in [0.4, 0.5) is 14.7 Å². The first-order valence-corrected chi connectivity index (χ1v) is 16.0. The quantitative estimate of drug-likeness (QED) is 0.143. The molecule has 0 radical (unpaired) electrons. The molecule has 14 nitrogen and oxygen atoms in total. The molecule has 2 unspecified atom stereocenters. The van der Waals surface area contributed by atoms with Crippen molar-refractivity contribution in [3.63, 3.8) is 0 Å². The second kappa shape index (κ2) is 12.7. The molecule has 0 bridgehead atoms. The van der Waals surface area contributed by atoms with Crippen LogP contribution in [0.1, 0.15) is 40.8 Å². The van der Waals surface area contributed by atoms with Crippen molar-refractivity contribution in [1.29, 1.82) is 0 Å². The third-order valence-corrected chi connectivity index (χ3v) is 8.74. The van der Waals surface area contributed by atoms with Crippen LogP contribution in [0.15, 0.2) is 48.8 Å². The molecule has 4 aromatic rings. The van der Waals surface area contributed by atoms with E-state index >= 15 is 8.78 Å². The van der Waals surface area contributed by atoms with Crippen molar-refractivity contribution in [3.05, 3.63) is 48.8 Å². The van der Waals surface area contributed by atoms with Crippen LogP contribution in [-0.2, 0) is 23.4 Å². The number of rotatable bonds is 12. The zero-order valence-corrected chi connectivity index (χ0v) is 26.6. The van der Waals surface area contributed by atoms with Gasteiger partial charge < -0.3 is 29.6 Å². The predicted octanol–water partition coefficient (Wildman–Crippen LogP) is 4.38. The lowest BCUT2D eigenvalue weighted by Crippen LogP contribution is -2.47. The van der Waals surface area contributed by atoms with Crippen molar-refractivity contribution in [2.75, 3.05) is 18.9 Å². The number of aliphatic hydroxyl groups is 1. The van der Waals surface area contributed by atoms with E-state index in [4.69, 9.17) is 29.0 Å². The summed E-state index contributed by atoms with van der Waals surface area (Å²) in [5.41, 5.74) is 3.04. The smallest absolute Gasteiger partial charge is 0.459 e. The number of esters is 1. The zero-order valence-electron chi connectivity index (χ0n) is 25.7. The Balaban J connectivity index is 1.45. The molecular weight excluding hydrogens is 629 g/mol. The highest BCUT2D eigenvalue weighted by atomic mass is 31.2. The lowest BCUT2D eigenvalue weighted by Gasteiger charge is -2.28. The average Bonchev–Trinajstić information content (AvgIpc) is 3.48. The summed E-state index contributed by atoms with van der Waals surface area (Å²) in [4.78, 5) is 24.8. The molecular formula is C29H35F2N6O8P. The third-order valence-electron chi connectivity index (χ3n) is 7.13. The molecule has 4 N–H and O–H groups in total. The summed E-state index contributed by atoms with van der Waals surface area (Å²) < 4.78 is 75.2. The summed E-state index contributed by atoms with van der Waals surface area (Å²) >= 11 is 0. The van der Waals surface area contributed by atoms with Crippen LogP contribution in [0.25, 0.3) is 21.9 Å². The van der Waals surface area contributed by atoms with E-state index in [1.165, 1.54) is 13.0 Å². The van der Waals surface area contributed by atoms with Gasteiger partial charge in [0.1, 0.15) is 18.4 Å². The number of fused-ring (bicyclic) bond motifs is 2. The second-order valence-corrected chi connectivity index (χ2v) is 12.8. The molecule has 5 rings (SSSR count). The minimum absolute atomic E-state index is 0.0143. The third kappa shape index (κ3) is 6.48. The Labute approximate surface area is 262 Å². The zero-order chi connectivity index (χ0) is 33.4. The van der Waals surface area contributed by atoms with Gasteiger partial charge in [-0.2, -0.15) is 15.1 Å². The average molecular weight is 665 g/mol. The van der Waals surface area contributed by atoms with Crippen LogP contribution in [0, 0.1) is 0 Å². The molecule has 0 amide bonds. The van der Waals surface area contributed by atoms with E-state index in [0.29, 0.717) is 5.39 Å². The number of hydrogen-bond donors (Lipinski definition) is 3. The van der Waals surface area contributed by atoms with Crippen molar-refractivity contribution in [2.45, 2.75) is 70.6 Å². The van der Waals surface area contributed by atoms with Crippen LogP contribution >= 0.6 is 7.75 Å². The van der Waals surface area contributed by atoms with Crippen molar-refractivity contribution < 1.29 is 46.5 Å². The Morgan fingerprint density at radius 2 is 1.91 bits per heavy atom. The summed E-state index contributed by atoms with van der Waals surface area (Å²) in [7, 11) is -4.68. The van der Waals surface area contributed by atoms with Crippen molar-refractivity contribution in [1.82, 2.24) is 24.6 Å². The van der Waals surface area contributed by atoms with Gasteiger partial charge >= 0.3 is 13.7 Å². The number of ether oxygens (including phenoxy) is 3. The molecule has 0 spiro atoms. The highest BCUT2D eigenvalue weighted by molar-refractivity contribution is 7.52. The number of aliphatic hydroxyl groups excluding tert-OH is 1. The second-order valence-electron chi connectivity index (χ2n) is 11.1. The first-order valence-electron chi connectivity index (χ1n) is 14.4. The normalized spacial score (nSPS) is 25.1. The number of halogens is 2. The van der Waals surface area contributed by atoms with Crippen molar-refractivity contribution >= 4 is 41.6 Å². The number of aromatic nitrogens is 4. The van der Waals surface area contributed by atoms with Gasteiger partial charge in [0.25, 0.3) is 5.85 Å². The number of nitrogens with two attached hydrogens (primary N) is 1. The lowest BCUT2D eigenvalue weighted by atomic mass is 9.97. The maximum atomic E-state index is 16.5. The summed E-state index contributed by atoms with van der Waals surface area (Å²) in [6.07, 6.45) is -3.70. The molecule has 17 heteroatoms. The molecule has 46 heavy (non-hydrogen) atoms. The Bertz CT molecular complexity index is 1790.